The van der Waals surface area contributed by atoms with Gasteiger partial charge in [0.15, 0.2) is 20.3 Å². The number of hydrogen-bond donors (Lipinski definition) is 1. The van der Waals surface area contributed by atoms with Gasteiger partial charge in [0.1, 0.15) is 11.5 Å². The van der Waals surface area contributed by atoms with Gasteiger partial charge in [-0.05, 0) is 30.3 Å². The van der Waals surface area contributed by atoms with Gasteiger partial charge < -0.3 is 23.9 Å². The molecule has 3 rings (SSSR count). The number of ether oxygens (including phenoxy) is 2. The van der Waals surface area contributed by atoms with Gasteiger partial charge in [-0.15, -0.1) is 0 Å². The second-order valence-electron chi connectivity index (χ2n) is 10.1. The van der Waals surface area contributed by atoms with Crippen molar-refractivity contribution in [3.8, 4) is 11.5 Å². The van der Waals surface area contributed by atoms with E-state index in [9.17, 15) is 14.7 Å². The van der Waals surface area contributed by atoms with Crippen LogP contribution in [0.3, 0.4) is 0 Å². The fourth-order valence-corrected chi connectivity index (χ4v) is 4.43. The van der Waals surface area contributed by atoms with Gasteiger partial charge in [0, 0.05) is 25.4 Å². The molecule has 1 aromatic carbocycles. The predicted molar refractivity (Wildman–Crippen MR) is 133 cm³/mol. The van der Waals surface area contributed by atoms with E-state index in [0.717, 1.165) is 0 Å². The highest BCUT2D eigenvalue weighted by Gasteiger charge is 2.38. The van der Waals surface area contributed by atoms with Gasteiger partial charge in [-0.2, -0.15) is 0 Å². The summed E-state index contributed by atoms with van der Waals surface area (Å²) in [5.41, 5.74) is 0.917. The number of aldehydes is 1. The fraction of sp³-hybridized carbons (Fsp3) is 0.520. The van der Waals surface area contributed by atoms with Crippen LogP contribution in [0.1, 0.15) is 53.7 Å². The standard InChI is InChI=1S/C25H35N3O6Si/c1-25(2,3)35(4,5)34-17-20-23(27-11-10-26-20)24(31)28-12-14-32-16-18(28)9-13-33-22-8-6-7-21(30)19(22)15-29/h6-8,10-11,15,18,30H,9,12-14,16-17H2,1-5H3/t18-/m1/s1. The molecule has 1 saturated heterocycles. The van der Waals surface area contributed by atoms with Crippen molar-refractivity contribution in [2.24, 2.45) is 0 Å². The number of amides is 1. The second kappa shape index (κ2) is 11.3. The van der Waals surface area contributed by atoms with Gasteiger partial charge in [-0.3, -0.25) is 14.6 Å². The monoisotopic (exact) mass is 501 g/mol. The molecule has 35 heavy (non-hydrogen) atoms. The van der Waals surface area contributed by atoms with Crippen LogP contribution in [0.5, 0.6) is 11.5 Å². The Morgan fingerprint density at radius 1 is 1.29 bits per heavy atom. The Kier molecular flexibility index (Phi) is 8.63. The summed E-state index contributed by atoms with van der Waals surface area (Å²) >= 11 is 0. The predicted octanol–water partition coefficient (Wildman–Crippen LogP) is 3.83. The van der Waals surface area contributed by atoms with E-state index in [-0.39, 0.29) is 47.2 Å². The highest BCUT2D eigenvalue weighted by molar-refractivity contribution is 6.74. The number of rotatable bonds is 9. The zero-order valence-corrected chi connectivity index (χ0v) is 22.1. The maximum Gasteiger partial charge on any atom is 0.274 e. The van der Waals surface area contributed by atoms with E-state index in [1.165, 1.54) is 12.3 Å². The topological polar surface area (TPSA) is 111 Å². The molecule has 1 amide bonds. The van der Waals surface area contributed by atoms with Crippen LogP contribution in [0.15, 0.2) is 30.6 Å². The van der Waals surface area contributed by atoms with E-state index in [1.54, 1.807) is 23.2 Å². The van der Waals surface area contributed by atoms with Crippen molar-refractivity contribution in [1.29, 1.82) is 0 Å². The Morgan fingerprint density at radius 3 is 2.74 bits per heavy atom. The molecule has 190 valence electrons. The molecule has 1 atom stereocenters. The molecule has 2 aromatic rings. The van der Waals surface area contributed by atoms with E-state index >= 15 is 0 Å². The minimum Gasteiger partial charge on any atom is -0.507 e. The summed E-state index contributed by atoms with van der Waals surface area (Å²) in [5.74, 6) is -0.0508. The molecule has 9 nitrogen and oxygen atoms in total. The van der Waals surface area contributed by atoms with Crippen LogP contribution in [0.25, 0.3) is 0 Å². The molecular formula is C25H35N3O6Si. The van der Waals surface area contributed by atoms with Crippen molar-refractivity contribution in [3.05, 3.63) is 47.5 Å². The summed E-state index contributed by atoms with van der Waals surface area (Å²) in [6, 6.07) is 4.43. The van der Waals surface area contributed by atoms with Gasteiger partial charge in [0.2, 0.25) is 0 Å². The van der Waals surface area contributed by atoms with Crippen LogP contribution in [-0.4, -0.2) is 72.9 Å². The Balaban J connectivity index is 1.70. The molecule has 10 heteroatoms. The van der Waals surface area contributed by atoms with Crippen molar-refractivity contribution >= 4 is 20.5 Å². The average Bonchev–Trinajstić information content (AvgIpc) is 2.82. The van der Waals surface area contributed by atoms with Crippen LogP contribution in [0.2, 0.25) is 18.1 Å². The molecular weight excluding hydrogens is 466 g/mol. The number of nitrogens with zero attached hydrogens (tertiary/aromatic N) is 3. The highest BCUT2D eigenvalue weighted by atomic mass is 28.4. The van der Waals surface area contributed by atoms with Crippen LogP contribution < -0.4 is 4.74 Å². The van der Waals surface area contributed by atoms with Crippen molar-refractivity contribution in [2.75, 3.05) is 26.4 Å². The first-order chi connectivity index (χ1) is 16.5. The van der Waals surface area contributed by atoms with Crippen molar-refractivity contribution in [1.82, 2.24) is 14.9 Å². The van der Waals surface area contributed by atoms with Crippen LogP contribution in [-0.2, 0) is 15.8 Å². The third-order valence-corrected chi connectivity index (χ3v) is 11.2. The van der Waals surface area contributed by atoms with Gasteiger partial charge in [0.25, 0.3) is 5.91 Å². The number of benzene rings is 1. The molecule has 1 aromatic heterocycles. The van der Waals surface area contributed by atoms with E-state index in [2.05, 4.69) is 43.8 Å². The Hall–Kier alpha value is -2.82. The maximum absolute atomic E-state index is 13.5. The molecule has 0 spiro atoms. The lowest BCUT2D eigenvalue weighted by molar-refractivity contribution is -0.00788. The molecule has 0 aliphatic carbocycles. The number of phenolic OH excluding ortho intramolecular Hbond substituents is 1. The normalized spacial score (nSPS) is 16.7. The minimum absolute atomic E-state index is 0.0357. The van der Waals surface area contributed by atoms with E-state index in [4.69, 9.17) is 13.9 Å². The van der Waals surface area contributed by atoms with Gasteiger partial charge in [-0.1, -0.05) is 26.8 Å². The van der Waals surface area contributed by atoms with Gasteiger partial charge in [0.05, 0.1) is 43.7 Å². The lowest BCUT2D eigenvalue weighted by atomic mass is 10.1. The first kappa shape index (κ1) is 26.8. The second-order valence-corrected chi connectivity index (χ2v) is 14.9. The summed E-state index contributed by atoms with van der Waals surface area (Å²) < 4.78 is 17.7. The van der Waals surface area contributed by atoms with E-state index in [0.29, 0.717) is 43.9 Å². The molecule has 1 N–H and O–H groups in total. The number of aromatic nitrogens is 2. The third-order valence-electron chi connectivity index (χ3n) is 6.71. The third kappa shape index (κ3) is 6.44. The lowest BCUT2D eigenvalue weighted by Crippen LogP contribution is -2.49. The first-order valence-corrected chi connectivity index (χ1v) is 14.7. The fourth-order valence-electron chi connectivity index (χ4n) is 3.50. The summed E-state index contributed by atoms with van der Waals surface area (Å²) in [5, 5.41) is 9.88. The lowest BCUT2D eigenvalue weighted by Gasteiger charge is -2.37. The Labute approximate surface area is 207 Å². The zero-order valence-electron chi connectivity index (χ0n) is 21.1. The number of morpholine rings is 1. The molecule has 0 bridgehead atoms. The molecule has 1 fully saturated rings. The number of hydrogen-bond acceptors (Lipinski definition) is 8. The highest BCUT2D eigenvalue weighted by Crippen LogP contribution is 2.37. The summed E-state index contributed by atoms with van der Waals surface area (Å²) in [4.78, 5) is 35.3. The van der Waals surface area contributed by atoms with E-state index in [1.807, 2.05) is 0 Å². The number of carbonyl (C=O) groups excluding carboxylic acids is 2. The smallest absolute Gasteiger partial charge is 0.274 e. The van der Waals surface area contributed by atoms with Gasteiger partial charge >= 0.3 is 0 Å². The molecule has 1 aliphatic rings. The Morgan fingerprint density at radius 2 is 2.03 bits per heavy atom. The minimum atomic E-state index is -2.03. The SMILES string of the molecule is CC(C)(C)[Si](C)(C)OCc1nccnc1C(=O)N1CCOC[C@H]1CCOc1cccc(O)c1C=O. The largest absolute Gasteiger partial charge is 0.507 e. The summed E-state index contributed by atoms with van der Waals surface area (Å²) in [7, 11) is -2.03. The van der Waals surface area contributed by atoms with Gasteiger partial charge in [-0.25, -0.2) is 4.98 Å². The molecule has 1 aliphatic heterocycles. The Bertz CT molecular complexity index is 1040. The molecule has 2 heterocycles. The first-order valence-electron chi connectivity index (χ1n) is 11.8. The van der Waals surface area contributed by atoms with E-state index < -0.39 is 8.32 Å². The summed E-state index contributed by atoms with van der Waals surface area (Å²) in [6.45, 7) is 12.5. The quantitative estimate of drug-likeness (QED) is 0.408. The number of aromatic hydroxyl groups is 1. The summed E-state index contributed by atoms with van der Waals surface area (Å²) in [6.07, 6.45) is 4.14. The molecule has 0 unspecified atom stereocenters. The molecule has 0 radical (unpaired) electrons. The van der Waals surface area contributed by atoms with Crippen molar-refractivity contribution in [3.63, 3.8) is 0 Å². The zero-order chi connectivity index (χ0) is 25.6. The van der Waals surface area contributed by atoms with Crippen LogP contribution in [0, 0.1) is 0 Å². The van der Waals surface area contributed by atoms with Crippen LogP contribution in [0.4, 0.5) is 0 Å². The van der Waals surface area contributed by atoms with Crippen LogP contribution >= 0.6 is 0 Å². The number of phenols is 1. The van der Waals surface area contributed by atoms with Crippen molar-refractivity contribution < 1.29 is 28.6 Å². The number of carbonyl (C=O) groups is 2. The molecule has 0 saturated carbocycles. The maximum atomic E-state index is 13.5. The average molecular weight is 502 g/mol. The van der Waals surface area contributed by atoms with Crippen molar-refractivity contribution in [2.45, 2.75) is 58.0 Å².